The van der Waals surface area contributed by atoms with Crippen molar-refractivity contribution in [1.29, 1.82) is 0 Å². The van der Waals surface area contributed by atoms with Crippen molar-refractivity contribution < 1.29 is 8.42 Å². The molecule has 7 nitrogen and oxygen atoms in total. The number of nitrogens with one attached hydrogen (secondary N) is 1. The Morgan fingerprint density at radius 3 is 2.42 bits per heavy atom. The molecule has 2 heterocycles. The van der Waals surface area contributed by atoms with Crippen LogP contribution in [0.5, 0.6) is 0 Å². The molecule has 0 spiro atoms. The standard InChI is InChI=1S/C18H20N4O3S/c19-26(24,25)14-8-6-12(7-9-14)17-16-15(10-11-20-18(16)23)22(21-17)13-4-2-1-3-5-13/h6-11,13H,1-5H2,(H,20,23)(H2,19,24,25). The number of primary sulfonamides is 1. The number of H-pyrrole nitrogens is 1. The highest BCUT2D eigenvalue weighted by Gasteiger charge is 2.22. The van der Waals surface area contributed by atoms with Crippen molar-refractivity contribution in [3.8, 4) is 11.3 Å². The van der Waals surface area contributed by atoms with E-state index in [9.17, 15) is 13.2 Å². The van der Waals surface area contributed by atoms with E-state index in [1.807, 2.05) is 10.7 Å². The van der Waals surface area contributed by atoms with Gasteiger partial charge in [0.1, 0.15) is 5.69 Å². The number of aromatic nitrogens is 3. The average Bonchev–Trinajstić information content (AvgIpc) is 3.03. The largest absolute Gasteiger partial charge is 0.328 e. The van der Waals surface area contributed by atoms with Gasteiger partial charge in [0.15, 0.2) is 0 Å². The van der Waals surface area contributed by atoms with Gasteiger partial charge in [0.05, 0.1) is 21.8 Å². The smallest absolute Gasteiger partial charge is 0.259 e. The lowest BCUT2D eigenvalue weighted by molar-refractivity contribution is 0.337. The van der Waals surface area contributed by atoms with E-state index in [0.717, 1.165) is 31.2 Å². The fraction of sp³-hybridized carbons (Fsp3) is 0.333. The van der Waals surface area contributed by atoms with Gasteiger partial charge in [-0.05, 0) is 31.0 Å². The van der Waals surface area contributed by atoms with Crippen molar-refractivity contribution in [2.75, 3.05) is 0 Å². The SMILES string of the molecule is NS(=O)(=O)c1ccc(-c2nn(C3CCCCC3)c3cc[nH]c(=O)c23)cc1. The molecule has 3 N–H and O–H groups in total. The number of pyridine rings is 1. The van der Waals surface area contributed by atoms with Crippen molar-refractivity contribution in [3.63, 3.8) is 0 Å². The zero-order valence-corrected chi connectivity index (χ0v) is 15.0. The summed E-state index contributed by atoms with van der Waals surface area (Å²) in [6.07, 6.45) is 7.29. The van der Waals surface area contributed by atoms with Crippen LogP contribution in [0.2, 0.25) is 0 Å². The third kappa shape index (κ3) is 2.95. The highest BCUT2D eigenvalue weighted by Crippen LogP contribution is 2.33. The van der Waals surface area contributed by atoms with Crippen LogP contribution >= 0.6 is 0 Å². The molecule has 26 heavy (non-hydrogen) atoms. The Labute approximate surface area is 150 Å². The van der Waals surface area contributed by atoms with Gasteiger partial charge in [0, 0.05) is 11.8 Å². The summed E-state index contributed by atoms with van der Waals surface area (Å²) in [7, 11) is -3.76. The second-order valence-corrected chi connectivity index (χ2v) is 8.28. The van der Waals surface area contributed by atoms with Crippen molar-refractivity contribution >= 4 is 20.9 Å². The van der Waals surface area contributed by atoms with Gasteiger partial charge in [-0.25, -0.2) is 13.6 Å². The van der Waals surface area contributed by atoms with Gasteiger partial charge < -0.3 is 4.98 Å². The Morgan fingerprint density at radius 1 is 1.08 bits per heavy atom. The van der Waals surface area contributed by atoms with E-state index >= 15 is 0 Å². The van der Waals surface area contributed by atoms with Crippen LogP contribution in [-0.2, 0) is 10.0 Å². The second-order valence-electron chi connectivity index (χ2n) is 6.72. The normalized spacial score (nSPS) is 16.2. The summed E-state index contributed by atoms with van der Waals surface area (Å²) in [5.41, 5.74) is 1.86. The summed E-state index contributed by atoms with van der Waals surface area (Å²) in [4.78, 5) is 15.2. The van der Waals surface area contributed by atoms with Crippen LogP contribution in [0.3, 0.4) is 0 Å². The highest BCUT2D eigenvalue weighted by molar-refractivity contribution is 7.89. The van der Waals surface area contributed by atoms with Gasteiger partial charge in [-0.1, -0.05) is 31.4 Å². The van der Waals surface area contributed by atoms with Crippen LogP contribution in [0.15, 0.2) is 46.2 Å². The van der Waals surface area contributed by atoms with Crippen molar-refractivity contribution in [1.82, 2.24) is 14.8 Å². The molecule has 8 heteroatoms. The number of nitrogens with zero attached hydrogens (tertiary/aromatic N) is 2. The zero-order valence-electron chi connectivity index (χ0n) is 14.2. The van der Waals surface area contributed by atoms with Crippen molar-refractivity contribution in [3.05, 3.63) is 46.9 Å². The van der Waals surface area contributed by atoms with E-state index in [2.05, 4.69) is 4.98 Å². The second kappa shape index (κ2) is 6.37. The molecule has 0 atom stereocenters. The topological polar surface area (TPSA) is 111 Å². The fourth-order valence-electron chi connectivity index (χ4n) is 3.71. The molecule has 2 aromatic heterocycles. The van der Waals surface area contributed by atoms with Crippen LogP contribution in [0.1, 0.15) is 38.1 Å². The van der Waals surface area contributed by atoms with Gasteiger partial charge in [-0.2, -0.15) is 5.10 Å². The van der Waals surface area contributed by atoms with Gasteiger partial charge in [-0.15, -0.1) is 0 Å². The summed E-state index contributed by atoms with van der Waals surface area (Å²) in [5, 5.41) is 10.4. The predicted molar refractivity (Wildman–Crippen MR) is 99.3 cm³/mol. The van der Waals surface area contributed by atoms with Crippen molar-refractivity contribution in [2.24, 2.45) is 5.14 Å². The van der Waals surface area contributed by atoms with Gasteiger partial charge in [0.25, 0.3) is 5.56 Å². The van der Waals surface area contributed by atoms with E-state index in [0.29, 0.717) is 16.6 Å². The van der Waals surface area contributed by atoms with Gasteiger partial charge in [0.2, 0.25) is 10.0 Å². The van der Waals surface area contributed by atoms with E-state index in [-0.39, 0.29) is 16.5 Å². The Hall–Kier alpha value is -2.45. The Bertz CT molecular complexity index is 1110. The molecule has 1 aliphatic carbocycles. The number of nitrogens with two attached hydrogens (primary N) is 1. The van der Waals surface area contributed by atoms with Gasteiger partial charge in [-0.3, -0.25) is 9.48 Å². The lowest BCUT2D eigenvalue weighted by Crippen LogP contribution is -2.14. The van der Waals surface area contributed by atoms with Crippen molar-refractivity contribution in [2.45, 2.75) is 43.0 Å². The summed E-state index contributed by atoms with van der Waals surface area (Å²) in [5.74, 6) is 0. The number of benzene rings is 1. The number of hydrogen-bond donors (Lipinski definition) is 2. The molecule has 0 amide bonds. The number of rotatable bonds is 3. The molecule has 0 radical (unpaired) electrons. The van der Waals surface area contributed by atoms with Gasteiger partial charge >= 0.3 is 0 Å². The molecule has 0 unspecified atom stereocenters. The summed E-state index contributed by atoms with van der Waals surface area (Å²) < 4.78 is 24.9. The quantitative estimate of drug-likeness (QED) is 0.736. The summed E-state index contributed by atoms with van der Waals surface area (Å²) in [6.45, 7) is 0. The predicted octanol–water partition coefficient (Wildman–Crippen LogP) is 2.54. The molecule has 1 aliphatic rings. The third-order valence-electron chi connectivity index (χ3n) is 5.01. The Morgan fingerprint density at radius 2 is 1.77 bits per heavy atom. The molecule has 4 rings (SSSR count). The summed E-state index contributed by atoms with van der Waals surface area (Å²) >= 11 is 0. The number of fused-ring (bicyclic) bond motifs is 1. The minimum Gasteiger partial charge on any atom is -0.328 e. The molecule has 0 aliphatic heterocycles. The Balaban J connectivity index is 1.88. The van der Waals surface area contributed by atoms with Crippen LogP contribution in [-0.4, -0.2) is 23.2 Å². The lowest BCUT2D eigenvalue weighted by atomic mass is 9.95. The van der Waals surface area contributed by atoms with Crippen LogP contribution in [0.25, 0.3) is 22.2 Å². The minimum atomic E-state index is -3.76. The molecule has 0 saturated heterocycles. The zero-order chi connectivity index (χ0) is 18.3. The van der Waals surface area contributed by atoms with E-state index < -0.39 is 10.0 Å². The maximum atomic E-state index is 12.5. The molecular formula is C18H20N4O3S. The van der Waals surface area contributed by atoms with Crippen LogP contribution < -0.4 is 10.7 Å². The van der Waals surface area contributed by atoms with Crippen LogP contribution in [0, 0.1) is 0 Å². The molecule has 0 bridgehead atoms. The lowest BCUT2D eigenvalue weighted by Gasteiger charge is -2.22. The maximum absolute atomic E-state index is 12.5. The monoisotopic (exact) mass is 372 g/mol. The highest BCUT2D eigenvalue weighted by atomic mass is 32.2. The molecule has 1 fully saturated rings. The first kappa shape index (κ1) is 17.0. The minimum absolute atomic E-state index is 0.0335. The first-order valence-electron chi connectivity index (χ1n) is 8.68. The summed E-state index contributed by atoms with van der Waals surface area (Å²) in [6, 6.07) is 8.31. The molecule has 1 aromatic carbocycles. The first-order valence-corrected chi connectivity index (χ1v) is 10.2. The maximum Gasteiger partial charge on any atom is 0.259 e. The molecule has 3 aromatic rings. The third-order valence-corrected chi connectivity index (χ3v) is 5.94. The number of sulfonamides is 1. The van der Waals surface area contributed by atoms with E-state index in [4.69, 9.17) is 10.2 Å². The number of aromatic amines is 1. The van der Waals surface area contributed by atoms with Crippen LogP contribution in [0.4, 0.5) is 0 Å². The van der Waals surface area contributed by atoms with E-state index in [1.165, 1.54) is 18.6 Å². The average molecular weight is 372 g/mol. The molecule has 1 saturated carbocycles. The Kier molecular flexibility index (Phi) is 4.16. The molecular weight excluding hydrogens is 352 g/mol. The fourth-order valence-corrected chi connectivity index (χ4v) is 4.22. The number of hydrogen-bond acceptors (Lipinski definition) is 4. The van der Waals surface area contributed by atoms with E-state index in [1.54, 1.807) is 18.3 Å². The molecule has 136 valence electrons. The first-order chi connectivity index (χ1) is 12.4.